The zero-order chi connectivity index (χ0) is 31.3. The van der Waals surface area contributed by atoms with Crippen molar-refractivity contribution in [1.29, 1.82) is 0 Å². The molecule has 13 nitrogen and oxygen atoms in total. The van der Waals surface area contributed by atoms with E-state index in [1.54, 1.807) is 34.6 Å². The third kappa shape index (κ3) is 10.8. The number of nitrogens with zero attached hydrogens (tertiary/aromatic N) is 2. The molecule has 41 heavy (non-hydrogen) atoms. The molecule has 3 fully saturated rings. The van der Waals surface area contributed by atoms with E-state index in [0.717, 1.165) is 13.1 Å². The number of halogens is 1. The molecule has 0 aromatic rings. The van der Waals surface area contributed by atoms with Crippen LogP contribution in [0.25, 0.3) is 0 Å². The summed E-state index contributed by atoms with van der Waals surface area (Å²) in [6.07, 6.45) is -0.824. The summed E-state index contributed by atoms with van der Waals surface area (Å²) in [5, 5.41) is 11.9. The number of esters is 2. The molecule has 0 radical (unpaired) electrons. The molecule has 0 aromatic carbocycles. The van der Waals surface area contributed by atoms with Crippen LogP contribution in [0.3, 0.4) is 0 Å². The number of carboxylic acid groups (broad SMARTS) is 1. The Kier molecular flexibility index (Phi) is 13.0. The van der Waals surface area contributed by atoms with Crippen LogP contribution in [0.4, 0.5) is 9.59 Å². The highest BCUT2D eigenvalue weighted by molar-refractivity contribution is 5.85. The van der Waals surface area contributed by atoms with Gasteiger partial charge in [-0.05, 0) is 62.3 Å². The molecule has 0 aromatic heterocycles. The second-order valence-corrected chi connectivity index (χ2v) is 13.2. The van der Waals surface area contributed by atoms with Gasteiger partial charge in [0.15, 0.2) is 0 Å². The normalized spacial score (nSPS) is 19.3. The number of carbonyl (C=O) groups is 5. The summed E-state index contributed by atoms with van der Waals surface area (Å²) in [7, 11) is 2.77. The number of ether oxygens (including phenoxy) is 4. The summed E-state index contributed by atoms with van der Waals surface area (Å²) in [4.78, 5) is 59.0. The number of amides is 2. The Morgan fingerprint density at radius 3 is 1.20 bits per heavy atom. The smallest absolute Gasteiger partial charge is 0.410 e. The molecule has 3 heterocycles. The first-order chi connectivity index (χ1) is 18.0. The van der Waals surface area contributed by atoms with E-state index in [2.05, 4.69) is 14.8 Å². The second kappa shape index (κ2) is 13.9. The van der Waals surface area contributed by atoms with Gasteiger partial charge in [-0.15, -0.1) is 12.4 Å². The summed E-state index contributed by atoms with van der Waals surface area (Å²) in [6, 6.07) is 0. The van der Waals surface area contributed by atoms with E-state index in [0.29, 0.717) is 13.1 Å². The predicted octanol–water partition coefficient (Wildman–Crippen LogP) is 2.94. The van der Waals surface area contributed by atoms with Crippen molar-refractivity contribution in [2.75, 3.05) is 53.5 Å². The number of likely N-dealkylation sites (tertiary alicyclic amines) is 2. The fraction of sp³-hybridized carbons (Fsp3) is 0.815. The molecule has 238 valence electrons. The highest BCUT2D eigenvalue weighted by atomic mass is 35.5. The number of nitrogens with one attached hydrogen (secondary N) is 1. The molecule has 2 amide bonds. The Bertz CT molecular complexity index is 957. The third-order valence-electron chi connectivity index (χ3n) is 6.37. The summed E-state index contributed by atoms with van der Waals surface area (Å²) >= 11 is 0. The Labute approximate surface area is 249 Å². The monoisotopic (exact) mass is 609 g/mol. The molecule has 3 saturated heterocycles. The molecule has 0 spiro atoms. The Hall–Kier alpha value is -2.80. The van der Waals surface area contributed by atoms with Crippen molar-refractivity contribution >= 4 is 42.5 Å². The van der Waals surface area contributed by atoms with Crippen LogP contribution < -0.4 is 5.32 Å². The number of hydrogen-bond donors (Lipinski definition) is 2. The van der Waals surface area contributed by atoms with Gasteiger partial charge in [0, 0.05) is 39.3 Å². The van der Waals surface area contributed by atoms with Gasteiger partial charge >= 0.3 is 30.1 Å². The molecule has 2 N–H and O–H groups in total. The van der Waals surface area contributed by atoms with Crippen molar-refractivity contribution in [2.24, 2.45) is 16.2 Å². The van der Waals surface area contributed by atoms with Crippen LogP contribution in [-0.2, 0) is 33.3 Å². The van der Waals surface area contributed by atoms with Gasteiger partial charge in [0.1, 0.15) is 22.0 Å². The quantitative estimate of drug-likeness (QED) is 0.357. The van der Waals surface area contributed by atoms with Crippen molar-refractivity contribution in [3.05, 3.63) is 0 Å². The zero-order valence-electron chi connectivity index (χ0n) is 26.2. The van der Waals surface area contributed by atoms with Crippen LogP contribution >= 0.6 is 12.4 Å². The fourth-order valence-electron chi connectivity index (χ4n) is 3.91. The molecule has 3 rings (SSSR count). The Morgan fingerprint density at radius 2 is 0.976 bits per heavy atom. The first-order valence-corrected chi connectivity index (χ1v) is 13.1. The molecule has 0 aliphatic carbocycles. The van der Waals surface area contributed by atoms with Crippen molar-refractivity contribution in [1.82, 2.24) is 15.1 Å². The number of carboxylic acids is 1. The van der Waals surface area contributed by atoms with Gasteiger partial charge < -0.3 is 39.2 Å². The highest BCUT2D eigenvalue weighted by Gasteiger charge is 2.50. The largest absolute Gasteiger partial charge is 0.481 e. The SMILES string of the molecule is CC(C)(C)OC(=O)N1CC(C)(C(=O)O)C1.COC(=O)C1(C)CN(C(=O)OC(C)(C)C)C1.COC(=O)C1(C)CNC1.Cl. The molecular formula is C27H48ClN3O10. The second-order valence-electron chi connectivity index (χ2n) is 13.2. The molecule has 14 heteroatoms. The van der Waals surface area contributed by atoms with Gasteiger partial charge in [0.2, 0.25) is 0 Å². The van der Waals surface area contributed by atoms with Gasteiger partial charge in [-0.25, -0.2) is 9.59 Å². The maximum absolute atomic E-state index is 11.6. The van der Waals surface area contributed by atoms with E-state index in [1.165, 1.54) is 24.0 Å². The number of methoxy groups -OCH3 is 2. The first-order valence-electron chi connectivity index (χ1n) is 13.1. The number of carbonyl (C=O) groups excluding carboxylic acids is 4. The lowest BCUT2D eigenvalue weighted by atomic mass is 9.82. The molecule has 0 atom stereocenters. The average Bonchev–Trinajstić information content (AvgIpc) is 2.75. The van der Waals surface area contributed by atoms with Crippen LogP contribution in [0, 0.1) is 16.2 Å². The lowest BCUT2D eigenvalue weighted by Crippen LogP contribution is -2.61. The van der Waals surface area contributed by atoms with Crippen molar-refractivity contribution in [3.63, 3.8) is 0 Å². The van der Waals surface area contributed by atoms with E-state index in [1.807, 2.05) is 27.7 Å². The molecular weight excluding hydrogens is 562 g/mol. The minimum Gasteiger partial charge on any atom is -0.481 e. The van der Waals surface area contributed by atoms with E-state index >= 15 is 0 Å². The van der Waals surface area contributed by atoms with E-state index in [9.17, 15) is 24.0 Å². The van der Waals surface area contributed by atoms with Crippen LogP contribution in [-0.4, -0.2) is 110 Å². The fourth-order valence-corrected chi connectivity index (χ4v) is 3.91. The lowest BCUT2D eigenvalue weighted by Gasteiger charge is -2.45. The van der Waals surface area contributed by atoms with Crippen LogP contribution in [0.2, 0.25) is 0 Å². The van der Waals surface area contributed by atoms with Crippen LogP contribution in [0.15, 0.2) is 0 Å². The van der Waals surface area contributed by atoms with E-state index in [4.69, 9.17) is 14.6 Å². The molecule has 0 bridgehead atoms. The summed E-state index contributed by atoms with van der Waals surface area (Å²) in [6.45, 7) is 18.7. The van der Waals surface area contributed by atoms with Gasteiger partial charge in [0.25, 0.3) is 0 Å². The maximum Gasteiger partial charge on any atom is 0.410 e. The third-order valence-corrected chi connectivity index (χ3v) is 6.37. The maximum atomic E-state index is 11.6. The topological polar surface area (TPSA) is 161 Å². The van der Waals surface area contributed by atoms with Crippen LogP contribution in [0.1, 0.15) is 62.3 Å². The van der Waals surface area contributed by atoms with E-state index in [-0.39, 0.29) is 48.9 Å². The van der Waals surface area contributed by atoms with Gasteiger partial charge in [-0.3, -0.25) is 14.4 Å². The molecule has 0 saturated carbocycles. The first kappa shape index (κ1) is 38.2. The summed E-state index contributed by atoms with van der Waals surface area (Å²) < 4.78 is 19.5. The summed E-state index contributed by atoms with van der Waals surface area (Å²) in [5.74, 6) is -1.27. The number of aliphatic carboxylic acids is 1. The summed E-state index contributed by atoms with van der Waals surface area (Å²) in [5.41, 5.74) is -2.67. The standard InChI is InChI=1S/C11H19NO4.C10H17NO4.C6H11NO2.ClH/c1-10(2,3)16-9(14)12-6-11(4,7-12)8(13)15-5;1-9(2,3)15-8(14)11-5-10(4,6-11)7(12)13;1-6(3-7-4-6)5(8)9-2;/h6-7H2,1-5H3;5-6H2,1-4H3,(H,12,13);7H,3-4H2,1-2H3;1H. The number of rotatable bonds is 3. The molecule has 3 aliphatic heterocycles. The minimum atomic E-state index is -0.873. The molecule has 3 aliphatic rings. The lowest BCUT2D eigenvalue weighted by molar-refractivity contribution is -0.161. The van der Waals surface area contributed by atoms with Gasteiger partial charge in [-0.2, -0.15) is 0 Å². The average molecular weight is 610 g/mol. The Morgan fingerprint density at radius 1 is 0.659 bits per heavy atom. The number of hydrogen-bond acceptors (Lipinski definition) is 10. The minimum absolute atomic E-state index is 0. The van der Waals surface area contributed by atoms with Crippen molar-refractivity contribution in [3.8, 4) is 0 Å². The van der Waals surface area contributed by atoms with Gasteiger partial charge in [-0.1, -0.05) is 0 Å². The molecule has 0 unspecified atom stereocenters. The highest BCUT2D eigenvalue weighted by Crippen LogP contribution is 2.32. The van der Waals surface area contributed by atoms with Crippen LogP contribution in [0.5, 0.6) is 0 Å². The van der Waals surface area contributed by atoms with Crippen molar-refractivity contribution in [2.45, 2.75) is 73.5 Å². The Balaban J connectivity index is 0.000000599. The van der Waals surface area contributed by atoms with Gasteiger partial charge in [0.05, 0.1) is 19.6 Å². The van der Waals surface area contributed by atoms with E-state index < -0.39 is 34.1 Å². The van der Waals surface area contributed by atoms with Crippen molar-refractivity contribution < 1.29 is 48.0 Å². The zero-order valence-corrected chi connectivity index (χ0v) is 27.0. The predicted molar refractivity (Wildman–Crippen MR) is 152 cm³/mol.